The molecule has 114 valence electrons. The van der Waals surface area contributed by atoms with Gasteiger partial charge in [-0.05, 0) is 44.7 Å². The van der Waals surface area contributed by atoms with E-state index in [1.54, 1.807) is 4.68 Å². The molecule has 0 bridgehead atoms. The first-order valence-electron chi connectivity index (χ1n) is 6.75. The van der Waals surface area contributed by atoms with Crippen LogP contribution in [0.1, 0.15) is 11.3 Å². The van der Waals surface area contributed by atoms with Gasteiger partial charge < -0.3 is 5.32 Å². The molecule has 0 saturated carbocycles. The van der Waals surface area contributed by atoms with Gasteiger partial charge in [0, 0.05) is 34.3 Å². The van der Waals surface area contributed by atoms with Crippen LogP contribution in [0.15, 0.2) is 29.2 Å². The van der Waals surface area contributed by atoms with Crippen molar-refractivity contribution in [3.05, 3.63) is 45.7 Å². The Morgan fingerprint density at radius 2 is 1.95 bits per heavy atom. The maximum absolute atomic E-state index is 6.30. The highest BCUT2D eigenvalue weighted by Crippen LogP contribution is 2.24. The Morgan fingerprint density at radius 1 is 1.29 bits per heavy atom. The Balaban J connectivity index is 1.98. The minimum absolute atomic E-state index is 0.339. The van der Waals surface area contributed by atoms with E-state index in [0.29, 0.717) is 6.04 Å². The number of nitrogens with zero attached hydrogens (tertiary/aromatic N) is 2. The molecule has 0 fully saturated rings. The first kappa shape index (κ1) is 16.7. The molecule has 0 aliphatic rings. The van der Waals surface area contributed by atoms with Crippen molar-refractivity contribution in [2.24, 2.45) is 7.05 Å². The Kier molecular flexibility index (Phi) is 5.99. The first-order chi connectivity index (χ1) is 10.0. The lowest BCUT2D eigenvalue weighted by Crippen LogP contribution is -2.30. The van der Waals surface area contributed by atoms with Gasteiger partial charge in [-0.25, -0.2) is 0 Å². The second kappa shape index (κ2) is 7.54. The Bertz CT molecular complexity index is 596. The van der Waals surface area contributed by atoms with E-state index < -0.39 is 0 Å². The number of likely N-dealkylation sites (N-methyl/N-ethyl adjacent to an activating group) is 1. The van der Waals surface area contributed by atoms with E-state index >= 15 is 0 Å². The van der Waals surface area contributed by atoms with Gasteiger partial charge in [0.2, 0.25) is 0 Å². The Morgan fingerprint density at radius 3 is 2.48 bits per heavy atom. The molecule has 6 heteroatoms. The summed E-state index contributed by atoms with van der Waals surface area (Å²) in [6.07, 6.45) is 0.871. The number of thioether (sulfide) groups is 1. The molecule has 1 aromatic carbocycles. The number of benzene rings is 1. The maximum atomic E-state index is 6.30. The topological polar surface area (TPSA) is 29.9 Å². The van der Waals surface area contributed by atoms with Crippen molar-refractivity contribution >= 4 is 35.0 Å². The summed E-state index contributed by atoms with van der Waals surface area (Å²) in [5.41, 5.74) is 2.12. The number of nitrogens with one attached hydrogen (secondary N) is 1. The fourth-order valence-corrected chi connectivity index (χ4v) is 3.51. The predicted molar refractivity (Wildman–Crippen MR) is 91.7 cm³/mol. The third kappa shape index (κ3) is 4.39. The van der Waals surface area contributed by atoms with Gasteiger partial charge in [0.25, 0.3) is 0 Å². The van der Waals surface area contributed by atoms with Crippen LogP contribution in [-0.2, 0) is 13.5 Å². The number of rotatable bonds is 6. The second-order valence-corrected chi connectivity index (χ2v) is 6.82. The standard InChI is InChI=1S/C15H19Cl2N3S/c1-10-14(15(17)20(3)19-10)8-12(18-2)9-21-13-6-4-11(16)5-7-13/h4-7,12,18H,8-9H2,1-3H3. The Labute approximate surface area is 140 Å². The summed E-state index contributed by atoms with van der Waals surface area (Å²) in [5, 5.41) is 9.21. The third-order valence-electron chi connectivity index (χ3n) is 3.39. The van der Waals surface area contributed by atoms with Crippen LogP contribution in [0.2, 0.25) is 10.2 Å². The van der Waals surface area contributed by atoms with Gasteiger partial charge in [-0.3, -0.25) is 4.68 Å². The van der Waals surface area contributed by atoms with Gasteiger partial charge in [-0.2, -0.15) is 5.10 Å². The number of aromatic nitrogens is 2. The zero-order valence-electron chi connectivity index (χ0n) is 12.4. The van der Waals surface area contributed by atoms with E-state index in [1.807, 2.05) is 57.0 Å². The van der Waals surface area contributed by atoms with Crippen molar-refractivity contribution in [1.29, 1.82) is 0 Å². The molecule has 2 rings (SSSR count). The minimum atomic E-state index is 0.339. The van der Waals surface area contributed by atoms with E-state index in [0.717, 1.165) is 33.6 Å². The van der Waals surface area contributed by atoms with Crippen LogP contribution < -0.4 is 5.32 Å². The van der Waals surface area contributed by atoms with Crippen LogP contribution >= 0.6 is 35.0 Å². The van der Waals surface area contributed by atoms with Crippen molar-refractivity contribution < 1.29 is 0 Å². The van der Waals surface area contributed by atoms with E-state index in [2.05, 4.69) is 10.4 Å². The summed E-state index contributed by atoms with van der Waals surface area (Å²) in [4.78, 5) is 1.22. The lowest BCUT2D eigenvalue weighted by molar-refractivity contribution is 0.615. The number of aryl methyl sites for hydroxylation is 2. The minimum Gasteiger partial charge on any atom is -0.316 e. The van der Waals surface area contributed by atoms with Gasteiger partial charge in [-0.15, -0.1) is 11.8 Å². The largest absolute Gasteiger partial charge is 0.316 e. The molecule has 0 saturated heterocycles. The number of halogens is 2. The predicted octanol–water partition coefficient (Wildman–Crippen LogP) is 3.96. The molecule has 1 unspecified atom stereocenters. The molecule has 0 radical (unpaired) electrons. The van der Waals surface area contributed by atoms with Crippen molar-refractivity contribution in [3.63, 3.8) is 0 Å². The van der Waals surface area contributed by atoms with Gasteiger partial charge in [-0.1, -0.05) is 23.2 Å². The fraction of sp³-hybridized carbons (Fsp3) is 0.400. The lowest BCUT2D eigenvalue weighted by Gasteiger charge is -2.16. The molecule has 2 aromatic rings. The van der Waals surface area contributed by atoms with Crippen molar-refractivity contribution in [1.82, 2.24) is 15.1 Å². The fourth-order valence-electron chi connectivity index (χ4n) is 2.12. The SMILES string of the molecule is CNC(CSc1ccc(Cl)cc1)Cc1c(C)nn(C)c1Cl. The molecule has 0 amide bonds. The molecule has 21 heavy (non-hydrogen) atoms. The van der Waals surface area contributed by atoms with Gasteiger partial charge in [0.05, 0.1) is 5.69 Å². The molecule has 1 atom stereocenters. The Hall–Kier alpha value is -0.680. The van der Waals surface area contributed by atoms with Gasteiger partial charge in [0.1, 0.15) is 5.15 Å². The normalized spacial score (nSPS) is 12.6. The zero-order valence-corrected chi connectivity index (χ0v) is 14.7. The summed E-state index contributed by atoms with van der Waals surface area (Å²) in [6.45, 7) is 2.00. The molecule has 0 aliphatic carbocycles. The highest BCUT2D eigenvalue weighted by molar-refractivity contribution is 7.99. The van der Waals surface area contributed by atoms with Gasteiger partial charge >= 0.3 is 0 Å². The summed E-state index contributed by atoms with van der Waals surface area (Å²) in [5.74, 6) is 0.961. The highest BCUT2D eigenvalue weighted by atomic mass is 35.5. The van der Waals surface area contributed by atoms with Gasteiger partial charge in [0.15, 0.2) is 0 Å². The molecular formula is C15H19Cl2N3S. The van der Waals surface area contributed by atoms with Crippen LogP contribution in [0.5, 0.6) is 0 Å². The first-order valence-corrected chi connectivity index (χ1v) is 8.49. The van der Waals surface area contributed by atoms with E-state index in [9.17, 15) is 0 Å². The molecule has 1 heterocycles. The van der Waals surface area contributed by atoms with Crippen LogP contribution in [-0.4, -0.2) is 28.6 Å². The average Bonchev–Trinajstić information content (AvgIpc) is 2.71. The quantitative estimate of drug-likeness (QED) is 0.805. The number of hydrogen-bond donors (Lipinski definition) is 1. The summed E-state index contributed by atoms with van der Waals surface area (Å²) < 4.78 is 1.73. The van der Waals surface area contributed by atoms with Crippen molar-refractivity contribution in [2.45, 2.75) is 24.3 Å². The maximum Gasteiger partial charge on any atom is 0.130 e. The molecule has 1 aromatic heterocycles. The summed E-state index contributed by atoms with van der Waals surface area (Å²) in [6, 6.07) is 8.26. The van der Waals surface area contributed by atoms with Crippen LogP contribution in [0.25, 0.3) is 0 Å². The molecular weight excluding hydrogens is 325 g/mol. The van der Waals surface area contributed by atoms with Crippen LogP contribution in [0.4, 0.5) is 0 Å². The highest BCUT2D eigenvalue weighted by Gasteiger charge is 2.16. The zero-order chi connectivity index (χ0) is 15.4. The lowest BCUT2D eigenvalue weighted by atomic mass is 10.1. The molecule has 0 aliphatic heterocycles. The smallest absolute Gasteiger partial charge is 0.130 e. The summed E-state index contributed by atoms with van der Waals surface area (Å²) in [7, 11) is 3.85. The van der Waals surface area contributed by atoms with Crippen LogP contribution in [0, 0.1) is 6.92 Å². The van der Waals surface area contributed by atoms with E-state index in [4.69, 9.17) is 23.2 Å². The second-order valence-electron chi connectivity index (χ2n) is 4.93. The average molecular weight is 344 g/mol. The molecule has 3 nitrogen and oxygen atoms in total. The summed E-state index contributed by atoms with van der Waals surface area (Å²) >= 11 is 14.0. The van der Waals surface area contributed by atoms with Crippen LogP contribution in [0.3, 0.4) is 0 Å². The van der Waals surface area contributed by atoms with E-state index in [-0.39, 0.29) is 0 Å². The molecule has 1 N–H and O–H groups in total. The molecule has 0 spiro atoms. The number of hydrogen-bond acceptors (Lipinski definition) is 3. The monoisotopic (exact) mass is 343 g/mol. The van der Waals surface area contributed by atoms with Crippen molar-refractivity contribution in [2.75, 3.05) is 12.8 Å². The third-order valence-corrected chi connectivity index (χ3v) is 5.29. The van der Waals surface area contributed by atoms with Crippen molar-refractivity contribution in [3.8, 4) is 0 Å². The van der Waals surface area contributed by atoms with E-state index in [1.165, 1.54) is 4.90 Å².